The number of halogens is 1. The summed E-state index contributed by atoms with van der Waals surface area (Å²) in [5, 5.41) is 0. The third-order valence-corrected chi connectivity index (χ3v) is 3.17. The second kappa shape index (κ2) is 5.82. The standard InChI is InChI=1S/C13H13BrN2O2/c1-18-12-8-15-9-16(13(12)17)7-6-10-2-4-11(14)5-3-10/h2-5,8-9H,6-7H2,1H3. The highest BCUT2D eigenvalue weighted by Crippen LogP contribution is 2.11. The molecule has 0 spiro atoms. The van der Waals surface area contributed by atoms with Crippen molar-refractivity contribution in [1.29, 1.82) is 0 Å². The molecular weight excluding hydrogens is 296 g/mol. The van der Waals surface area contributed by atoms with Crippen molar-refractivity contribution in [3.05, 3.63) is 57.2 Å². The summed E-state index contributed by atoms with van der Waals surface area (Å²) in [6, 6.07) is 8.04. The lowest BCUT2D eigenvalue weighted by Gasteiger charge is -2.06. The Morgan fingerprint density at radius 2 is 2.06 bits per heavy atom. The van der Waals surface area contributed by atoms with Crippen LogP contribution < -0.4 is 10.3 Å². The van der Waals surface area contributed by atoms with Crippen LogP contribution in [0.3, 0.4) is 0 Å². The first kappa shape index (κ1) is 12.8. The second-order valence-corrected chi connectivity index (χ2v) is 4.75. The molecule has 0 aliphatic carbocycles. The minimum Gasteiger partial charge on any atom is -0.490 e. The third-order valence-electron chi connectivity index (χ3n) is 2.64. The number of methoxy groups -OCH3 is 1. The van der Waals surface area contributed by atoms with Crippen LogP contribution in [0, 0.1) is 0 Å². The first-order valence-electron chi connectivity index (χ1n) is 5.53. The number of nitrogens with zero attached hydrogens (tertiary/aromatic N) is 2. The smallest absolute Gasteiger partial charge is 0.295 e. The number of hydrogen-bond donors (Lipinski definition) is 0. The Bertz CT molecular complexity index is 578. The summed E-state index contributed by atoms with van der Waals surface area (Å²) < 4.78 is 7.56. The van der Waals surface area contributed by atoms with Gasteiger partial charge in [-0.2, -0.15) is 0 Å². The highest BCUT2D eigenvalue weighted by molar-refractivity contribution is 9.10. The molecule has 2 rings (SSSR count). The molecule has 1 heterocycles. The molecule has 0 saturated heterocycles. The van der Waals surface area contributed by atoms with Gasteiger partial charge in [0.1, 0.15) is 0 Å². The zero-order chi connectivity index (χ0) is 13.0. The van der Waals surface area contributed by atoms with Crippen LogP contribution in [0.15, 0.2) is 46.1 Å². The maximum Gasteiger partial charge on any atom is 0.295 e. The van der Waals surface area contributed by atoms with Crippen LogP contribution in [0.5, 0.6) is 5.75 Å². The Kier molecular flexibility index (Phi) is 4.15. The van der Waals surface area contributed by atoms with Crippen LogP contribution in [0.1, 0.15) is 5.56 Å². The van der Waals surface area contributed by atoms with Crippen LogP contribution in [0.4, 0.5) is 0 Å². The molecule has 0 radical (unpaired) electrons. The quantitative estimate of drug-likeness (QED) is 0.870. The van der Waals surface area contributed by atoms with Gasteiger partial charge in [-0.1, -0.05) is 28.1 Å². The van der Waals surface area contributed by atoms with Crippen molar-refractivity contribution in [1.82, 2.24) is 9.55 Å². The van der Waals surface area contributed by atoms with E-state index in [0.29, 0.717) is 6.54 Å². The van der Waals surface area contributed by atoms with Crippen molar-refractivity contribution in [3.8, 4) is 5.75 Å². The van der Waals surface area contributed by atoms with Gasteiger partial charge >= 0.3 is 0 Å². The fourth-order valence-corrected chi connectivity index (χ4v) is 1.89. The molecule has 2 aromatic rings. The van der Waals surface area contributed by atoms with Crippen LogP contribution in [-0.2, 0) is 13.0 Å². The van der Waals surface area contributed by atoms with Crippen molar-refractivity contribution in [2.45, 2.75) is 13.0 Å². The van der Waals surface area contributed by atoms with Gasteiger partial charge in [0.05, 0.1) is 19.6 Å². The van der Waals surface area contributed by atoms with E-state index in [-0.39, 0.29) is 11.3 Å². The predicted octanol–water partition coefficient (Wildman–Crippen LogP) is 2.26. The Morgan fingerprint density at radius 1 is 1.33 bits per heavy atom. The number of benzene rings is 1. The van der Waals surface area contributed by atoms with E-state index in [0.717, 1.165) is 10.9 Å². The van der Waals surface area contributed by atoms with Gasteiger partial charge in [0.2, 0.25) is 5.75 Å². The van der Waals surface area contributed by atoms with E-state index in [2.05, 4.69) is 20.9 Å². The Balaban J connectivity index is 2.11. The molecule has 18 heavy (non-hydrogen) atoms. The summed E-state index contributed by atoms with van der Waals surface area (Å²) in [6.45, 7) is 0.588. The molecule has 4 nitrogen and oxygen atoms in total. The molecule has 1 aromatic heterocycles. The fourth-order valence-electron chi connectivity index (χ4n) is 1.63. The van der Waals surface area contributed by atoms with Gasteiger partial charge in [-0.3, -0.25) is 9.36 Å². The first-order valence-corrected chi connectivity index (χ1v) is 6.33. The van der Waals surface area contributed by atoms with E-state index >= 15 is 0 Å². The predicted molar refractivity (Wildman–Crippen MR) is 72.9 cm³/mol. The molecule has 0 unspecified atom stereocenters. The number of aromatic nitrogens is 2. The maximum absolute atomic E-state index is 11.9. The Labute approximate surface area is 113 Å². The fraction of sp³-hybridized carbons (Fsp3) is 0.231. The summed E-state index contributed by atoms with van der Waals surface area (Å²) in [4.78, 5) is 15.8. The topological polar surface area (TPSA) is 44.1 Å². The van der Waals surface area contributed by atoms with E-state index < -0.39 is 0 Å². The van der Waals surface area contributed by atoms with Crippen LogP contribution in [-0.4, -0.2) is 16.7 Å². The molecule has 0 aliphatic heterocycles. The minimum atomic E-state index is -0.149. The molecule has 0 bridgehead atoms. The van der Waals surface area contributed by atoms with Crippen molar-refractivity contribution in [2.75, 3.05) is 7.11 Å². The van der Waals surface area contributed by atoms with E-state index in [1.807, 2.05) is 24.3 Å². The average molecular weight is 309 g/mol. The van der Waals surface area contributed by atoms with Gasteiger partial charge in [-0.05, 0) is 24.1 Å². The third kappa shape index (κ3) is 2.98. The van der Waals surface area contributed by atoms with E-state index in [4.69, 9.17) is 4.74 Å². The van der Waals surface area contributed by atoms with Crippen LogP contribution >= 0.6 is 15.9 Å². The highest BCUT2D eigenvalue weighted by atomic mass is 79.9. The molecule has 0 fully saturated rings. The van der Waals surface area contributed by atoms with Gasteiger partial charge in [-0.15, -0.1) is 0 Å². The van der Waals surface area contributed by atoms with Gasteiger partial charge in [0.15, 0.2) is 0 Å². The SMILES string of the molecule is COc1cncn(CCc2ccc(Br)cc2)c1=O. The first-order chi connectivity index (χ1) is 8.70. The monoisotopic (exact) mass is 308 g/mol. The number of hydrogen-bond acceptors (Lipinski definition) is 3. The molecule has 0 aliphatic rings. The van der Waals surface area contributed by atoms with Gasteiger partial charge in [0.25, 0.3) is 5.56 Å². The molecule has 0 saturated carbocycles. The van der Waals surface area contributed by atoms with E-state index in [1.54, 1.807) is 4.57 Å². The van der Waals surface area contributed by atoms with E-state index in [1.165, 1.54) is 25.2 Å². The largest absolute Gasteiger partial charge is 0.490 e. The molecule has 0 amide bonds. The number of aryl methyl sites for hydroxylation is 2. The lowest BCUT2D eigenvalue weighted by atomic mass is 10.1. The minimum absolute atomic E-state index is 0.149. The molecule has 0 atom stereocenters. The summed E-state index contributed by atoms with van der Waals surface area (Å²) in [7, 11) is 1.47. The summed E-state index contributed by atoms with van der Waals surface area (Å²) >= 11 is 3.39. The van der Waals surface area contributed by atoms with Gasteiger partial charge < -0.3 is 4.74 Å². The van der Waals surface area contributed by atoms with Gasteiger partial charge in [0, 0.05) is 11.0 Å². The molecule has 0 N–H and O–H groups in total. The highest BCUT2D eigenvalue weighted by Gasteiger charge is 2.03. The average Bonchev–Trinajstić information content (AvgIpc) is 2.39. The normalized spacial score (nSPS) is 10.3. The second-order valence-electron chi connectivity index (χ2n) is 3.84. The van der Waals surface area contributed by atoms with Crippen molar-refractivity contribution in [2.24, 2.45) is 0 Å². The van der Waals surface area contributed by atoms with Crippen molar-refractivity contribution in [3.63, 3.8) is 0 Å². The zero-order valence-electron chi connectivity index (χ0n) is 9.97. The number of ether oxygens (including phenoxy) is 1. The summed E-state index contributed by atoms with van der Waals surface area (Å²) in [5.74, 6) is 0.272. The lowest BCUT2D eigenvalue weighted by molar-refractivity contribution is 0.399. The van der Waals surface area contributed by atoms with Crippen LogP contribution in [0.25, 0.3) is 0 Å². The van der Waals surface area contributed by atoms with Crippen molar-refractivity contribution < 1.29 is 4.74 Å². The van der Waals surface area contributed by atoms with Crippen molar-refractivity contribution >= 4 is 15.9 Å². The summed E-state index contributed by atoms with van der Waals surface area (Å²) in [6.07, 6.45) is 3.74. The number of rotatable bonds is 4. The van der Waals surface area contributed by atoms with Gasteiger partial charge in [-0.25, -0.2) is 4.98 Å². The van der Waals surface area contributed by atoms with Crippen LogP contribution in [0.2, 0.25) is 0 Å². The molecule has 94 valence electrons. The summed E-state index contributed by atoms with van der Waals surface area (Å²) in [5.41, 5.74) is 1.03. The molecule has 5 heteroatoms. The lowest BCUT2D eigenvalue weighted by Crippen LogP contribution is -2.22. The Morgan fingerprint density at radius 3 is 2.72 bits per heavy atom. The maximum atomic E-state index is 11.9. The molecular formula is C13H13BrN2O2. The molecule has 1 aromatic carbocycles. The Hall–Kier alpha value is -1.62. The zero-order valence-corrected chi connectivity index (χ0v) is 11.6. The van der Waals surface area contributed by atoms with E-state index in [9.17, 15) is 4.79 Å².